The van der Waals surface area contributed by atoms with Gasteiger partial charge in [-0.15, -0.1) is 0 Å². The van der Waals surface area contributed by atoms with Crippen LogP contribution in [-0.4, -0.2) is 42.0 Å². The number of nitrogens with one attached hydrogen (secondary N) is 1. The van der Waals surface area contributed by atoms with Gasteiger partial charge >= 0.3 is 0 Å². The van der Waals surface area contributed by atoms with Crippen LogP contribution >= 0.6 is 15.9 Å². The van der Waals surface area contributed by atoms with E-state index in [1.165, 1.54) is 0 Å². The van der Waals surface area contributed by atoms with Crippen molar-refractivity contribution in [1.29, 1.82) is 0 Å². The first-order chi connectivity index (χ1) is 19.3. The zero-order valence-electron chi connectivity index (χ0n) is 24.0. The molecule has 3 rings (SSSR count). The SMILES string of the molecule is CCOc1ccc(CCC(=O)N(Cc2ccc(Br)cc2)C(Cc2ccccc2)C(=O)NC(C)CC)cc1OCC. The predicted octanol–water partition coefficient (Wildman–Crippen LogP) is 6.73. The first-order valence-corrected chi connectivity index (χ1v) is 14.9. The van der Waals surface area contributed by atoms with Crippen LogP contribution in [0.2, 0.25) is 0 Å². The standard InChI is InChI=1S/C33H41BrN2O4/c1-5-24(4)35-33(38)29(21-25-11-9-8-10-12-25)36(23-27-13-17-28(34)18-14-27)32(37)20-16-26-15-19-30(39-6-2)31(22-26)40-7-3/h8-15,17-19,22,24,29H,5-7,16,20-21,23H2,1-4H3,(H,35,38). The summed E-state index contributed by atoms with van der Waals surface area (Å²) >= 11 is 3.49. The van der Waals surface area contributed by atoms with Crippen LogP contribution in [-0.2, 0) is 29.0 Å². The van der Waals surface area contributed by atoms with Gasteiger partial charge in [0.15, 0.2) is 11.5 Å². The number of halogens is 1. The number of amides is 2. The van der Waals surface area contributed by atoms with Gasteiger partial charge in [0.05, 0.1) is 13.2 Å². The van der Waals surface area contributed by atoms with Crippen molar-refractivity contribution >= 4 is 27.7 Å². The van der Waals surface area contributed by atoms with Crippen molar-refractivity contribution in [2.45, 2.75) is 72.0 Å². The number of benzene rings is 3. The quantitative estimate of drug-likeness (QED) is 0.208. The molecule has 40 heavy (non-hydrogen) atoms. The number of nitrogens with zero attached hydrogens (tertiary/aromatic N) is 1. The fraction of sp³-hybridized carbons (Fsp3) is 0.394. The van der Waals surface area contributed by atoms with Gasteiger partial charge in [-0.1, -0.05) is 71.4 Å². The Hall–Kier alpha value is -3.32. The van der Waals surface area contributed by atoms with E-state index in [2.05, 4.69) is 21.2 Å². The molecule has 0 saturated carbocycles. The number of rotatable bonds is 15. The maximum Gasteiger partial charge on any atom is 0.243 e. The van der Waals surface area contributed by atoms with Crippen molar-refractivity contribution in [2.24, 2.45) is 0 Å². The molecule has 0 bridgehead atoms. The number of aryl methyl sites for hydroxylation is 1. The number of ether oxygens (including phenoxy) is 2. The Morgan fingerprint density at radius 1 is 0.850 bits per heavy atom. The molecular weight excluding hydrogens is 568 g/mol. The third-order valence-electron chi connectivity index (χ3n) is 6.77. The van der Waals surface area contributed by atoms with Gasteiger partial charge in [-0.2, -0.15) is 0 Å². The normalized spacial score (nSPS) is 12.3. The number of hydrogen-bond acceptors (Lipinski definition) is 4. The Balaban J connectivity index is 1.90. The summed E-state index contributed by atoms with van der Waals surface area (Å²) in [6.45, 7) is 9.30. The minimum absolute atomic E-state index is 0.0104. The molecule has 6 nitrogen and oxygen atoms in total. The first kappa shape index (κ1) is 31.2. The van der Waals surface area contributed by atoms with E-state index in [9.17, 15) is 9.59 Å². The Morgan fingerprint density at radius 2 is 1.50 bits per heavy atom. The fourth-order valence-corrected chi connectivity index (χ4v) is 4.69. The Kier molecular flexibility index (Phi) is 12.5. The molecule has 0 saturated heterocycles. The first-order valence-electron chi connectivity index (χ1n) is 14.1. The van der Waals surface area contributed by atoms with Crippen molar-refractivity contribution in [2.75, 3.05) is 13.2 Å². The summed E-state index contributed by atoms with van der Waals surface area (Å²) in [7, 11) is 0. The van der Waals surface area contributed by atoms with E-state index in [4.69, 9.17) is 9.47 Å². The maximum atomic E-state index is 13.9. The van der Waals surface area contributed by atoms with Crippen LogP contribution in [0.4, 0.5) is 0 Å². The highest BCUT2D eigenvalue weighted by atomic mass is 79.9. The average Bonchev–Trinajstić information content (AvgIpc) is 2.96. The molecule has 2 amide bonds. The fourth-order valence-electron chi connectivity index (χ4n) is 4.43. The molecule has 0 aliphatic rings. The molecule has 2 unspecified atom stereocenters. The maximum absolute atomic E-state index is 13.9. The van der Waals surface area contributed by atoms with Gasteiger partial charge < -0.3 is 19.7 Å². The highest BCUT2D eigenvalue weighted by molar-refractivity contribution is 9.10. The number of carbonyl (C=O) groups excluding carboxylic acids is 2. The molecule has 2 atom stereocenters. The van der Waals surface area contributed by atoms with Gasteiger partial charge in [-0.25, -0.2) is 0 Å². The molecule has 1 N–H and O–H groups in total. The van der Waals surface area contributed by atoms with E-state index < -0.39 is 6.04 Å². The lowest BCUT2D eigenvalue weighted by molar-refractivity contribution is -0.141. The molecule has 0 aliphatic carbocycles. The summed E-state index contributed by atoms with van der Waals surface area (Å²) in [5.74, 6) is 1.16. The highest BCUT2D eigenvalue weighted by Gasteiger charge is 2.30. The lowest BCUT2D eigenvalue weighted by Gasteiger charge is -2.32. The Labute approximate surface area is 247 Å². The molecule has 0 aliphatic heterocycles. The van der Waals surface area contributed by atoms with E-state index in [1.807, 2.05) is 100 Å². The van der Waals surface area contributed by atoms with Gasteiger partial charge in [-0.05, 0) is 74.6 Å². The summed E-state index contributed by atoms with van der Waals surface area (Å²) in [5.41, 5.74) is 2.95. The minimum atomic E-state index is -0.646. The third kappa shape index (κ3) is 9.40. The average molecular weight is 610 g/mol. The predicted molar refractivity (Wildman–Crippen MR) is 164 cm³/mol. The van der Waals surface area contributed by atoms with Crippen molar-refractivity contribution in [1.82, 2.24) is 10.2 Å². The van der Waals surface area contributed by atoms with Crippen LogP contribution in [0.25, 0.3) is 0 Å². The van der Waals surface area contributed by atoms with Crippen LogP contribution < -0.4 is 14.8 Å². The second kappa shape index (κ2) is 16.1. The molecule has 0 heterocycles. The van der Waals surface area contributed by atoms with E-state index >= 15 is 0 Å². The van der Waals surface area contributed by atoms with Crippen LogP contribution in [0.3, 0.4) is 0 Å². The Morgan fingerprint density at radius 3 is 2.15 bits per heavy atom. The lowest BCUT2D eigenvalue weighted by atomic mass is 10.0. The second-order valence-corrected chi connectivity index (χ2v) is 10.7. The largest absolute Gasteiger partial charge is 0.490 e. The topological polar surface area (TPSA) is 67.9 Å². The summed E-state index contributed by atoms with van der Waals surface area (Å²) in [6, 6.07) is 22.9. The molecule has 3 aromatic rings. The summed E-state index contributed by atoms with van der Waals surface area (Å²) < 4.78 is 12.4. The van der Waals surface area contributed by atoms with Crippen molar-refractivity contribution < 1.29 is 19.1 Å². The van der Waals surface area contributed by atoms with Crippen LogP contribution in [0.15, 0.2) is 77.3 Å². The van der Waals surface area contributed by atoms with Crippen LogP contribution in [0.5, 0.6) is 11.5 Å². The molecule has 0 radical (unpaired) electrons. The number of hydrogen-bond donors (Lipinski definition) is 1. The molecule has 0 aromatic heterocycles. The van der Waals surface area contributed by atoms with E-state index in [0.29, 0.717) is 44.1 Å². The van der Waals surface area contributed by atoms with Gasteiger partial charge in [-0.3, -0.25) is 9.59 Å². The van der Waals surface area contributed by atoms with Crippen molar-refractivity contribution in [3.63, 3.8) is 0 Å². The summed E-state index contributed by atoms with van der Waals surface area (Å²) in [5, 5.41) is 3.12. The van der Waals surface area contributed by atoms with Crippen molar-refractivity contribution in [3.05, 3.63) is 94.0 Å². The van der Waals surface area contributed by atoms with Gasteiger partial charge in [0, 0.05) is 29.9 Å². The lowest BCUT2D eigenvalue weighted by Crippen LogP contribution is -2.52. The van der Waals surface area contributed by atoms with Crippen molar-refractivity contribution in [3.8, 4) is 11.5 Å². The molecule has 7 heteroatoms. The minimum Gasteiger partial charge on any atom is -0.490 e. The van der Waals surface area contributed by atoms with E-state index in [-0.39, 0.29) is 24.3 Å². The van der Waals surface area contributed by atoms with Gasteiger partial charge in [0.1, 0.15) is 6.04 Å². The van der Waals surface area contributed by atoms with Gasteiger partial charge in [0.2, 0.25) is 11.8 Å². The van der Waals surface area contributed by atoms with Crippen LogP contribution in [0, 0.1) is 0 Å². The molecule has 3 aromatic carbocycles. The zero-order valence-corrected chi connectivity index (χ0v) is 25.6. The Bertz CT molecular complexity index is 1220. The number of carbonyl (C=O) groups is 2. The monoisotopic (exact) mass is 608 g/mol. The van der Waals surface area contributed by atoms with E-state index in [0.717, 1.165) is 27.6 Å². The smallest absolute Gasteiger partial charge is 0.243 e. The van der Waals surface area contributed by atoms with E-state index in [1.54, 1.807) is 4.90 Å². The molecule has 0 spiro atoms. The van der Waals surface area contributed by atoms with Gasteiger partial charge in [0.25, 0.3) is 0 Å². The van der Waals surface area contributed by atoms with Crippen LogP contribution in [0.1, 0.15) is 57.2 Å². The third-order valence-corrected chi connectivity index (χ3v) is 7.30. The second-order valence-electron chi connectivity index (χ2n) is 9.82. The summed E-state index contributed by atoms with van der Waals surface area (Å²) in [4.78, 5) is 29.3. The summed E-state index contributed by atoms with van der Waals surface area (Å²) in [6.07, 6.45) is 2.03. The molecular formula is C33H41BrN2O4. The highest BCUT2D eigenvalue weighted by Crippen LogP contribution is 2.29. The molecule has 214 valence electrons. The molecule has 0 fully saturated rings. The zero-order chi connectivity index (χ0) is 28.9.